The van der Waals surface area contributed by atoms with E-state index in [2.05, 4.69) is 10.2 Å². The Balaban J connectivity index is 3.19. The summed E-state index contributed by atoms with van der Waals surface area (Å²) in [6, 6.07) is 0. The third-order valence-electron chi connectivity index (χ3n) is 1.04. The van der Waals surface area contributed by atoms with Crippen LogP contribution in [0, 0.1) is 19.7 Å². The molecule has 44 valence electrons. The van der Waals surface area contributed by atoms with Gasteiger partial charge >= 0.3 is 0 Å². The van der Waals surface area contributed by atoms with Crippen LogP contribution in [0.1, 0.15) is 11.4 Å². The van der Waals surface area contributed by atoms with E-state index in [1.54, 1.807) is 13.8 Å². The number of aromatic amines is 1. The molecule has 0 aliphatic rings. The van der Waals surface area contributed by atoms with Crippen molar-refractivity contribution in [3.8, 4) is 0 Å². The van der Waals surface area contributed by atoms with E-state index in [9.17, 15) is 4.39 Å². The maximum atomic E-state index is 12.4. The van der Waals surface area contributed by atoms with Crippen molar-refractivity contribution in [1.29, 1.82) is 0 Å². The summed E-state index contributed by atoms with van der Waals surface area (Å²) in [4.78, 5) is 0. The molecule has 0 aliphatic heterocycles. The minimum absolute atomic E-state index is 0.231. The van der Waals surface area contributed by atoms with Crippen LogP contribution in [0.5, 0.6) is 0 Å². The zero-order chi connectivity index (χ0) is 6.15. The summed E-state index contributed by atoms with van der Waals surface area (Å²) >= 11 is 0. The molecule has 0 unspecified atom stereocenters. The Morgan fingerprint density at radius 2 is 2.12 bits per heavy atom. The smallest absolute Gasteiger partial charge is 0.166 e. The second kappa shape index (κ2) is 1.58. The van der Waals surface area contributed by atoms with E-state index in [0.29, 0.717) is 11.4 Å². The number of aromatic nitrogens is 2. The van der Waals surface area contributed by atoms with Crippen LogP contribution in [-0.4, -0.2) is 10.2 Å². The molecule has 0 fully saturated rings. The number of rotatable bonds is 0. The second-order valence-electron chi connectivity index (χ2n) is 1.75. The summed E-state index contributed by atoms with van der Waals surface area (Å²) in [7, 11) is 0. The van der Waals surface area contributed by atoms with Gasteiger partial charge in [-0.3, -0.25) is 5.10 Å². The van der Waals surface area contributed by atoms with E-state index < -0.39 is 0 Å². The van der Waals surface area contributed by atoms with Gasteiger partial charge in [-0.2, -0.15) is 5.10 Å². The summed E-state index contributed by atoms with van der Waals surface area (Å²) in [5.74, 6) is -0.231. The van der Waals surface area contributed by atoms with Gasteiger partial charge in [0.05, 0.1) is 11.4 Å². The molecule has 1 aromatic heterocycles. The lowest BCUT2D eigenvalue weighted by Gasteiger charge is -1.78. The first-order valence-corrected chi connectivity index (χ1v) is 2.39. The van der Waals surface area contributed by atoms with Crippen LogP contribution in [0.2, 0.25) is 0 Å². The van der Waals surface area contributed by atoms with Crippen molar-refractivity contribution in [3.05, 3.63) is 17.2 Å². The van der Waals surface area contributed by atoms with E-state index in [1.807, 2.05) is 0 Å². The van der Waals surface area contributed by atoms with Crippen molar-refractivity contribution in [3.63, 3.8) is 0 Å². The molecular weight excluding hydrogens is 107 g/mol. The highest BCUT2D eigenvalue weighted by Crippen LogP contribution is 2.03. The molecule has 0 spiro atoms. The molecule has 0 atom stereocenters. The molecule has 0 saturated carbocycles. The molecule has 1 rings (SSSR count). The van der Waals surface area contributed by atoms with Crippen LogP contribution < -0.4 is 0 Å². The molecule has 2 nitrogen and oxygen atoms in total. The van der Waals surface area contributed by atoms with Crippen molar-refractivity contribution >= 4 is 0 Å². The normalized spacial score (nSPS) is 9.88. The molecule has 0 saturated heterocycles. The predicted octanol–water partition coefficient (Wildman–Crippen LogP) is 1.17. The maximum Gasteiger partial charge on any atom is 0.166 e. The molecule has 0 aromatic carbocycles. The Kier molecular flexibility index (Phi) is 1.04. The number of nitrogens with one attached hydrogen (secondary N) is 1. The number of nitrogens with zero attached hydrogens (tertiary/aromatic N) is 1. The monoisotopic (exact) mass is 114 g/mol. The standard InChI is InChI=1S/C5H7FN2/c1-3-5(6)4(2)8-7-3/h1-2H3,(H,7,8). The number of hydrogen-bond donors (Lipinski definition) is 1. The lowest BCUT2D eigenvalue weighted by molar-refractivity contribution is 0.610. The lowest BCUT2D eigenvalue weighted by Crippen LogP contribution is -1.74. The van der Waals surface area contributed by atoms with E-state index in [1.165, 1.54) is 0 Å². The van der Waals surface area contributed by atoms with Gasteiger partial charge in [0.2, 0.25) is 0 Å². The number of aryl methyl sites for hydroxylation is 2. The topological polar surface area (TPSA) is 28.7 Å². The third-order valence-corrected chi connectivity index (χ3v) is 1.04. The molecule has 1 aromatic rings. The van der Waals surface area contributed by atoms with Crippen LogP contribution in [0.3, 0.4) is 0 Å². The molecular formula is C5H7FN2. The van der Waals surface area contributed by atoms with Crippen LogP contribution >= 0.6 is 0 Å². The van der Waals surface area contributed by atoms with Crippen molar-refractivity contribution in [1.82, 2.24) is 10.2 Å². The predicted molar refractivity (Wildman–Crippen MR) is 28.0 cm³/mol. The van der Waals surface area contributed by atoms with Gasteiger partial charge in [0.15, 0.2) is 5.82 Å². The highest BCUT2D eigenvalue weighted by atomic mass is 19.1. The zero-order valence-corrected chi connectivity index (χ0v) is 4.83. The first-order valence-electron chi connectivity index (χ1n) is 2.39. The molecule has 1 heterocycles. The van der Waals surface area contributed by atoms with Gasteiger partial charge in [-0.1, -0.05) is 0 Å². The summed E-state index contributed by atoms with van der Waals surface area (Å²) in [5.41, 5.74) is 0.935. The summed E-state index contributed by atoms with van der Waals surface area (Å²) < 4.78 is 12.4. The molecule has 1 N–H and O–H groups in total. The Morgan fingerprint density at radius 1 is 1.50 bits per heavy atom. The molecule has 3 heteroatoms. The minimum atomic E-state index is -0.231. The third kappa shape index (κ3) is 0.598. The van der Waals surface area contributed by atoms with Gasteiger partial charge in [0.1, 0.15) is 0 Å². The van der Waals surface area contributed by atoms with E-state index in [-0.39, 0.29) is 5.82 Å². The summed E-state index contributed by atoms with van der Waals surface area (Å²) in [5, 5.41) is 6.13. The van der Waals surface area contributed by atoms with Crippen molar-refractivity contribution in [2.75, 3.05) is 0 Å². The van der Waals surface area contributed by atoms with Crippen LogP contribution in [0.25, 0.3) is 0 Å². The highest BCUT2D eigenvalue weighted by molar-refractivity contribution is 5.07. The Hall–Kier alpha value is -0.860. The number of H-pyrrole nitrogens is 1. The first kappa shape index (κ1) is 5.28. The Morgan fingerprint density at radius 3 is 2.25 bits per heavy atom. The van der Waals surface area contributed by atoms with Gasteiger partial charge in [-0.15, -0.1) is 0 Å². The Labute approximate surface area is 46.7 Å². The van der Waals surface area contributed by atoms with E-state index >= 15 is 0 Å². The minimum Gasteiger partial charge on any atom is -0.280 e. The van der Waals surface area contributed by atoms with Gasteiger partial charge < -0.3 is 0 Å². The zero-order valence-electron chi connectivity index (χ0n) is 4.83. The van der Waals surface area contributed by atoms with Gasteiger partial charge in [-0.25, -0.2) is 4.39 Å². The van der Waals surface area contributed by atoms with Crippen LogP contribution in [-0.2, 0) is 0 Å². The number of hydrogen-bond acceptors (Lipinski definition) is 1. The van der Waals surface area contributed by atoms with Crippen LogP contribution in [0.4, 0.5) is 4.39 Å². The quantitative estimate of drug-likeness (QED) is 0.538. The highest BCUT2D eigenvalue weighted by Gasteiger charge is 2.01. The SMILES string of the molecule is Cc1n[nH]c(C)c1F. The molecule has 0 aliphatic carbocycles. The summed E-state index contributed by atoms with van der Waals surface area (Å²) in [6.45, 7) is 3.27. The molecule has 0 radical (unpaired) electrons. The van der Waals surface area contributed by atoms with Crippen LogP contribution in [0.15, 0.2) is 0 Å². The fourth-order valence-corrected chi connectivity index (χ4v) is 0.537. The largest absolute Gasteiger partial charge is 0.280 e. The fourth-order valence-electron chi connectivity index (χ4n) is 0.537. The van der Waals surface area contributed by atoms with E-state index in [4.69, 9.17) is 0 Å². The van der Waals surface area contributed by atoms with E-state index in [0.717, 1.165) is 0 Å². The molecule has 8 heavy (non-hydrogen) atoms. The van der Waals surface area contributed by atoms with Gasteiger partial charge in [0.25, 0.3) is 0 Å². The average Bonchev–Trinajstić information content (AvgIpc) is 1.98. The average molecular weight is 114 g/mol. The van der Waals surface area contributed by atoms with Gasteiger partial charge in [-0.05, 0) is 13.8 Å². The maximum absolute atomic E-state index is 12.4. The lowest BCUT2D eigenvalue weighted by atomic mass is 10.4. The molecule has 0 bridgehead atoms. The summed E-state index contributed by atoms with van der Waals surface area (Å²) in [6.07, 6.45) is 0. The second-order valence-corrected chi connectivity index (χ2v) is 1.75. The number of halogens is 1. The van der Waals surface area contributed by atoms with Crippen molar-refractivity contribution in [2.24, 2.45) is 0 Å². The van der Waals surface area contributed by atoms with Gasteiger partial charge in [0, 0.05) is 0 Å². The van der Waals surface area contributed by atoms with Crippen molar-refractivity contribution < 1.29 is 4.39 Å². The molecule has 0 amide bonds. The fraction of sp³-hybridized carbons (Fsp3) is 0.400. The first-order chi connectivity index (χ1) is 3.72. The Bertz CT molecular complexity index is 173. The van der Waals surface area contributed by atoms with Crippen molar-refractivity contribution in [2.45, 2.75) is 13.8 Å².